The molecule has 0 radical (unpaired) electrons. The second-order valence-electron chi connectivity index (χ2n) is 1.59. The summed E-state index contributed by atoms with van der Waals surface area (Å²) in [4.78, 5) is 4.66. The second kappa shape index (κ2) is 1.43. The molecule has 2 N–H and O–H groups in total. The molecule has 0 bridgehead atoms. The van der Waals surface area contributed by atoms with Gasteiger partial charge in [0.15, 0.2) is 11.5 Å². The third-order valence-corrected chi connectivity index (χ3v) is 0.947. The van der Waals surface area contributed by atoms with Crippen LogP contribution in [0.2, 0.25) is 0 Å². The average Bonchev–Trinajstić information content (AvgIpc) is 1.98. The summed E-state index contributed by atoms with van der Waals surface area (Å²) in [6.45, 7) is 5.09. The van der Waals surface area contributed by atoms with Crippen molar-refractivity contribution in [1.82, 2.24) is 5.48 Å². The van der Waals surface area contributed by atoms with Crippen molar-refractivity contribution >= 4 is 0 Å². The Morgan fingerprint density at radius 1 is 1.75 bits per heavy atom. The van der Waals surface area contributed by atoms with Crippen molar-refractivity contribution in [2.24, 2.45) is 0 Å². The first kappa shape index (κ1) is 5.03. The fourth-order valence-electron chi connectivity index (χ4n) is 0.447. The van der Waals surface area contributed by atoms with E-state index in [1.165, 1.54) is 0 Å². The van der Waals surface area contributed by atoms with Gasteiger partial charge < -0.3 is 9.94 Å². The molecule has 0 aromatic carbocycles. The van der Waals surface area contributed by atoms with Gasteiger partial charge in [-0.1, -0.05) is 6.58 Å². The van der Waals surface area contributed by atoms with Gasteiger partial charge in [0, 0.05) is 6.92 Å². The zero-order chi connectivity index (χ0) is 6.15. The lowest BCUT2D eigenvalue weighted by Crippen LogP contribution is -2.02. The molecule has 0 unspecified atom stereocenters. The first-order chi connectivity index (χ1) is 3.72. The molecule has 1 heterocycles. The largest absolute Gasteiger partial charge is 0.503 e. The van der Waals surface area contributed by atoms with Crippen LogP contribution >= 0.6 is 0 Å². The molecular formula is C5H7NO2. The number of rotatable bonds is 0. The summed E-state index contributed by atoms with van der Waals surface area (Å²) < 4.78 is 0. The van der Waals surface area contributed by atoms with E-state index in [0.717, 1.165) is 0 Å². The highest BCUT2D eigenvalue weighted by molar-refractivity contribution is 5.24. The fraction of sp³-hybridized carbons (Fsp3) is 0.200. The summed E-state index contributed by atoms with van der Waals surface area (Å²) in [5.41, 5.74) is 2.82. The Balaban J connectivity index is 2.86. The van der Waals surface area contributed by atoms with Crippen LogP contribution in [0.15, 0.2) is 23.8 Å². The highest BCUT2D eigenvalue weighted by Gasteiger charge is 2.13. The Morgan fingerprint density at radius 2 is 2.38 bits per heavy atom. The van der Waals surface area contributed by atoms with E-state index in [0.29, 0.717) is 11.5 Å². The first-order valence-corrected chi connectivity index (χ1v) is 2.24. The molecule has 3 heteroatoms. The highest BCUT2D eigenvalue weighted by atomic mass is 16.7. The van der Waals surface area contributed by atoms with Gasteiger partial charge in [0.1, 0.15) is 5.70 Å². The standard InChI is InChI=1S/C5H7NO2/c1-3-5(7)4(2)8-6-3/h6-7H,1H2,2H3. The SMILES string of the molecule is C=C1NOC(C)=C1O. The molecule has 44 valence electrons. The molecule has 0 aromatic rings. The van der Waals surface area contributed by atoms with Crippen LogP contribution in [0.1, 0.15) is 6.92 Å². The van der Waals surface area contributed by atoms with Crippen LogP contribution in [0.3, 0.4) is 0 Å². The predicted octanol–water partition coefficient (Wildman–Crippen LogP) is 0.824. The van der Waals surface area contributed by atoms with E-state index >= 15 is 0 Å². The lowest BCUT2D eigenvalue weighted by molar-refractivity contribution is 0.156. The number of aliphatic hydroxyl groups is 1. The van der Waals surface area contributed by atoms with E-state index in [1.54, 1.807) is 6.92 Å². The fourth-order valence-corrected chi connectivity index (χ4v) is 0.447. The number of hydrogen-bond acceptors (Lipinski definition) is 3. The van der Waals surface area contributed by atoms with Crippen molar-refractivity contribution in [3.8, 4) is 0 Å². The van der Waals surface area contributed by atoms with E-state index in [4.69, 9.17) is 5.11 Å². The summed E-state index contributed by atoms with van der Waals surface area (Å²) in [6, 6.07) is 0. The molecule has 0 aromatic heterocycles. The van der Waals surface area contributed by atoms with E-state index in [9.17, 15) is 0 Å². The van der Waals surface area contributed by atoms with Gasteiger partial charge in [-0.2, -0.15) is 0 Å². The second-order valence-corrected chi connectivity index (χ2v) is 1.59. The normalized spacial score (nSPS) is 18.4. The number of hydroxylamine groups is 1. The molecule has 1 aliphatic heterocycles. The van der Waals surface area contributed by atoms with Gasteiger partial charge in [-0.05, 0) is 0 Å². The van der Waals surface area contributed by atoms with Gasteiger partial charge in [-0.3, -0.25) is 0 Å². The summed E-state index contributed by atoms with van der Waals surface area (Å²) in [5, 5.41) is 8.86. The Kier molecular flexibility index (Phi) is 0.901. The van der Waals surface area contributed by atoms with Gasteiger partial charge in [-0.25, -0.2) is 5.48 Å². The minimum absolute atomic E-state index is 0.102. The number of aliphatic hydroxyl groups excluding tert-OH is 1. The molecular weight excluding hydrogens is 106 g/mol. The molecule has 3 nitrogen and oxygen atoms in total. The number of allylic oxidation sites excluding steroid dienone is 1. The Labute approximate surface area is 47.2 Å². The van der Waals surface area contributed by atoms with Crippen molar-refractivity contribution in [1.29, 1.82) is 0 Å². The molecule has 0 saturated heterocycles. The summed E-state index contributed by atoms with van der Waals surface area (Å²) in [7, 11) is 0. The van der Waals surface area contributed by atoms with Crippen LogP contribution in [-0.4, -0.2) is 5.11 Å². The van der Waals surface area contributed by atoms with Gasteiger partial charge in [0.05, 0.1) is 0 Å². The van der Waals surface area contributed by atoms with Crippen molar-refractivity contribution in [3.05, 3.63) is 23.8 Å². The minimum Gasteiger partial charge on any atom is -0.503 e. The zero-order valence-corrected chi connectivity index (χ0v) is 4.56. The van der Waals surface area contributed by atoms with Crippen molar-refractivity contribution < 1.29 is 9.94 Å². The Morgan fingerprint density at radius 3 is 2.50 bits per heavy atom. The van der Waals surface area contributed by atoms with Gasteiger partial charge >= 0.3 is 0 Å². The van der Waals surface area contributed by atoms with E-state index < -0.39 is 0 Å². The van der Waals surface area contributed by atoms with E-state index in [-0.39, 0.29) is 5.76 Å². The monoisotopic (exact) mass is 113 g/mol. The predicted molar refractivity (Wildman–Crippen MR) is 28.7 cm³/mol. The summed E-state index contributed by atoms with van der Waals surface area (Å²) in [6.07, 6.45) is 0. The van der Waals surface area contributed by atoms with Crippen LogP contribution in [-0.2, 0) is 4.84 Å². The Bertz CT molecular complexity index is 160. The van der Waals surface area contributed by atoms with Crippen molar-refractivity contribution in [2.45, 2.75) is 6.92 Å². The molecule has 1 aliphatic rings. The quantitative estimate of drug-likeness (QED) is 0.488. The van der Waals surface area contributed by atoms with E-state index in [1.807, 2.05) is 0 Å². The smallest absolute Gasteiger partial charge is 0.182 e. The summed E-state index contributed by atoms with van der Waals surface area (Å²) in [5.74, 6) is 0.569. The van der Waals surface area contributed by atoms with Crippen molar-refractivity contribution in [2.75, 3.05) is 0 Å². The Hall–Kier alpha value is -1.12. The topological polar surface area (TPSA) is 41.5 Å². The maximum absolute atomic E-state index is 8.86. The third-order valence-electron chi connectivity index (χ3n) is 0.947. The maximum Gasteiger partial charge on any atom is 0.182 e. The van der Waals surface area contributed by atoms with Crippen LogP contribution < -0.4 is 5.48 Å². The molecule has 0 fully saturated rings. The minimum atomic E-state index is 0.102. The highest BCUT2D eigenvalue weighted by Crippen LogP contribution is 2.14. The number of nitrogens with one attached hydrogen (secondary N) is 1. The van der Waals surface area contributed by atoms with Gasteiger partial charge in [0.25, 0.3) is 0 Å². The zero-order valence-electron chi connectivity index (χ0n) is 4.56. The average molecular weight is 113 g/mol. The molecule has 0 aliphatic carbocycles. The molecule has 0 atom stereocenters. The van der Waals surface area contributed by atoms with Crippen LogP contribution in [0.5, 0.6) is 0 Å². The lowest BCUT2D eigenvalue weighted by Gasteiger charge is -1.92. The van der Waals surface area contributed by atoms with E-state index in [2.05, 4.69) is 16.9 Å². The lowest BCUT2D eigenvalue weighted by atomic mass is 10.4. The molecule has 0 saturated carbocycles. The van der Waals surface area contributed by atoms with Crippen molar-refractivity contribution in [3.63, 3.8) is 0 Å². The molecule has 0 amide bonds. The number of hydrogen-bond donors (Lipinski definition) is 2. The van der Waals surface area contributed by atoms with Gasteiger partial charge in [-0.15, -0.1) is 0 Å². The third kappa shape index (κ3) is 0.521. The van der Waals surface area contributed by atoms with Crippen LogP contribution in [0.25, 0.3) is 0 Å². The van der Waals surface area contributed by atoms with Gasteiger partial charge in [0.2, 0.25) is 0 Å². The molecule has 8 heavy (non-hydrogen) atoms. The first-order valence-electron chi connectivity index (χ1n) is 2.24. The maximum atomic E-state index is 8.86. The molecule has 0 spiro atoms. The molecule has 1 rings (SSSR count). The van der Waals surface area contributed by atoms with Crippen LogP contribution in [0.4, 0.5) is 0 Å². The van der Waals surface area contributed by atoms with Crippen LogP contribution in [0, 0.1) is 0 Å². The summed E-state index contributed by atoms with van der Waals surface area (Å²) >= 11 is 0.